The third kappa shape index (κ3) is 7.55. The Labute approximate surface area is 195 Å². The first-order valence-electron chi connectivity index (χ1n) is 10.8. The molecule has 6 heteroatoms. The zero-order valence-electron chi connectivity index (χ0n) is 18.8. The van der Waals surface area contributed by atoms with E-state index in [4.69, 9.17) is 23.2 Å². The summed E-state index contributed by atoms with van der Waals surface area (Å²) in [6.45, 7) is 8.25. The van der Waals surface area contributed by atoms with Crippen molar-refractivity contribution in [1.82, 2.24) is 10.2 Å². The quantitative estimate of drug-likeness (QED) is 0.473. The molecule has 0 radical (unpaired) electrons. The van der Waals surface area contributed by atoms with Crippen molar-refractivity contribution in [1.29, 1.82) is 0 Å². The van der Waals surface area contributed by atoms with Crippen molar-refractivity contribution in [2.24, 2.45) is 0 Å². The van der Waals surface area contributed by atoms with Gasteiger partial charge in [0.25, 0.3) is 0 Å². The fourth-order valence-corrected chi connectivity index (χ4v) is 3.67. The second kappa shape index (κ2) is 12.1. The molecule has 0 aromatic heterocycles. The molecule has 2 rings (SSSR count). The van der Waals surface area contributed by atoms with Gasteiger partial charge in [-0.05, 0) is 56.4 Å². The van der Waals surface area contributed by atoms with Crippen LogP contribution in [0.4, 0.5) is 0 Å². The molecule has 0 fully saturated rings. The highest BCUT2D eigenvalue weighted by atomic mass is 35.5. The number of benzene rings is 2. The number of aryl methyl sites for hydroxylation is 2. The monoisotopic (exact) mass is 462 g/mol. The van der Waals surface area contributed by atoms with Crippen LogP contribution in [0.25, 0.3) is 0 Å². The minimum absolute atomic E-state index is 0.0519. The Morgan fingerprint density at radius 2 is 1.61 bits per heavy atom. The number of nitrogens with one attached hydrogen (secondary N) is 1. The lowest BCUT2D eigenvalue weighted by molar-refractivity contribution is -0.141. The second-order valence-electron chi connectivity index (χ2n) is 8.00. The lowest BCUT2D eigenvalue weighted by Crippen LogP contribution is -2.50. The lowest BCUT2D eigenvalue weighted by atomic mass is 10.0. The van der Waals surface area contributed by atoms with Crippen molar-refractivity contribution in [3.63, 3.8) is 0 Å². The van der Waals surface area contributed by atoms with Gasteiger partial charge in [0.1, 0.15) is 6.04 Å². The Kier molecular flexibility index (Phi) is 9.86. The van der Waals surface area contributed by atoms with E-state index in [1.54, 1.807) is 17.0 Å². The summed E-state index contributed by atoms with van der Waals surface area (Å²) in [5.74, 6) is -0.182. The minimum Gasteiger partial charge on any atom is -0.352 e. The molecule has 1 N–H and O–H groups in total. The average Bonchev–Trinajstić information content (AvgIpc) is 2.75. The van der Waals surface area contributed by atoms with E-state index in [2.05, 4.69) is 5.32 Å². The van der Waals surface area contributed by atoms with Crippen LogP contribution in [0.15, 0.2) is 42.5 Å². The van der Waals surface area contributed by atoms with E-state index in [0.717, 1.165) is 17.5 Å². The van der Waals surface area contributed by atoms with Gasteiger partial charge in [0, 0.05) is 19.0 Å². The third-order valence-electron chi connectivity index (χ3n) is 5.47. The van der Waals surface area contributed by atoms with Crippen molar-refractivity contribution in [3.8, 4) is 0 Å². The van der Waals surface area contributed by atoms with E-state index in [0.29, 0.717) is 35.9 Å². The Balaban J connectivity index is 2.23. The summed E-state index contributed by atoms with van der Waals surface area (Å²) >= 11 is 12.2. The van der Waals surface area contributed by atoms with Gasteiger partial charge in [0.15, 0.2) is 0 Å². The number of carbonyl (C=O) groups excluding carboxylic acids is 2. The van der Waals surface area contributed by atoms with Gasteiger partial charge in [0.05, 0.1) is 10.0 Å². The molecule has 0 aliphatic rings. The SMILES string of the molecule is CC[C@H](C(=O)N[C@@H](C)CC)N(Cc1ccc(Cl)c(Cl)c1)C(=O)CCc1ccc(C)cc1. The van der Waals surface area contributed by atoms with Gasteiger partial charge in [-0.3, -0.25) is 9.59 Å². The minimum atomic E-state index is -0.547. The smallest absolute Gasteiger partial charge is 0.243 e. The predicted octanol–water partition coefficient (Wildman–Crippen LogP) is 5.96. The average molecular weight is 463 g/mol. The molecule has 0 aliphatic heterocycles. The summed E-state index contributed by atoms with van der Waals surface area (Å²) in [4.78, 5) is 27.9. The first-order chi connectivity index (χ1) is 14.7. The largest absolute Gasteiger partial charge is 0.352 e. The molecule has 2 aromatic carbocycles. The van der Waals surface area contributed by atoms with Gasteiger partial charge in [-0.2, -0.15) is 0 Å². The number of amides is 2. The Bertz CT molecular complexity index is 884. The molecular formula is C25H32Cl2N2O2. The van der Waals surface area contributed by atoms with Gasteiger partial charge >= 0.3 is 0 Å². The molecule has 0 spiro atoms. The normalized spacial score (nSPS) is 12.8. The molecule has 31 heavy (non-hydrogen) atoms. The van der Waals surface area contributed by atoms with Crippen LogP contribution in [0.5, 0.6) is 0 Å². The molecular weight excluding hydrogens is 431 g/mol. The highest BCUT2D eigenvalue weighted by molar-refractivity contribution is 6.42. The van der Waals surface area contributed by atoms with E-state index >= 15 is 0 Å². The molecule has 0 saturated carbocycles. The molecule has 0 unspecified atom stereocenters. The highest BCUT2D eigenvalue weighted by Gasteiger charge is 2.29. The standard InChI is InChI=1S/C25H32Cl2N2O2/c1-5-18(4)28-25(31)23(6-2)29(16-20-11-13-21(26)22(27)15-20)24(30)14-12-19-9-7-17(3)8-10-19/h7-11,13,15,18,23H,5-6,12,14,16H2,1-4H3,(H,28,31)/t18-,23+/m0/s1. The van der Waals surface area contributed by atoms with E-state index in [1.807, 2.05) is 58.0 Å². The van der Waals surface area contributed by atoms with Crippen LogP contribution in [0.1, 0.15) is 56.7 Å². The zero-order chi connectivity index (χ0) is 23.0. The summed E-state index contributed by atoms with van der Waals surface area (Å²) in [7, 11) is 0. The summed E-state index contributed by atoms with van der Waals surface area (Å²) in [6, 6.07) is 13.0. The van der Waals surface area contributed by atoms with Crippen molar-refractivity contribution >= 4 is 35.0 Å². The zero-order valence-corrected chi connectivity index (χ0v) is 20.3. The number of rotatable bonds is 10. The first kappa shape index (κ1) is 25.2. The molecule has 0 saturated heterocycles. The Hall–Kier alpha value is -2.04. The fraction of sp³-hybridized carbons (Fsp3) is 0.440. The van der Waals surface area contributed by atoms with Crippen molar-refractivity contribution in [3.05, 3.63) is 69.2 Å². The number of hydrogen-bond donors (Lipinski definition) is 1. The Morgan fingerprint density at radius 1 is 0.968 bits per heavy atom. The van der Waals surface area contributed by atoms with E-state index in [-0.39, 0.29) is 17.9 Å². The summed E-state index contributed by atoms with van der Waals surface area (Å²) in [5, 5.41) is 3.92. The van der Waals surface area contributed by atoms with Gasteiger partial charge in [0.2, 0.25) is 11.8 Å². The fourth-order valence-electron chi connectivity index (χ4n) is 3.34. The van der Waals surface area contributed by atoms with Gasteiger partial charge in [-0.25, -0.2) is 0 Å². The number of nitrogens with zero attached hydrogens (tertiary/aromatic N) is 1. The lowest BCUT2D eigenvalue weighted by Gasteiger charge is -2.31. The topological polar surface area (TPSA) is 49.4 Å². The van der Waals surface area contributed by atoms with Gasteiger partial charge in [-0.1, -0.05) is 72.9 Å². The molecule has 2 atom stereocenters. The van der Waals surface area contributed by atoms with Crippen LogP contribution in [0, 0.1) is 6.92 Å². The van der Waals surface area contributed by atoms with E-state index in [9.17, 15) is 9.59 Å². The number of hydrogen-bond acceptors (Lipinski definition) is 2. The third-order valence-corrected chi connectivity index (χ3v) is 6.21. The van der Waals surface area contributed by atoms with Crippen LogP contribution in [0.3, 0.4) is 0 Å². The molecule has 0 heterocycles. The maximum absolute atomic E-state index is 13.3. The first-order valence-corrected chi connectivity index (χ1v) is 11.6. The predicted molar refractivity (Wildman–Crippen MR) is 128 cm³/mol. The summed E-state index contributed by atoms with van der Waals surface area (Å²) in [6.07, 6.45) is 2.31. The van der Waals surface area contributed by atoms with E-state index in [1.165, 1.54) is 5.56 Å². The number of halogens is 2. The summed E-state index contributed by atoms with van der Waals surface area (Å²) < 4.78 is 0. The molecule has 0 aliphatic carbocycles. The van der Waals surface area contributed by atoms with Crippen LogP contribution < -0.4 is 5.32 Å². The Morgan fingerprint density at radius 3 is 2.19 bits per heavy atom. The number of carbonyl (C=O) groups is 2. The van der Waals surface area contributed by atoms with Crippen LogP contribution in [0.2, 0.25) is 10.0 Å². The molecule has 4 nitrogen and oxygen atoms in total. The maximum Gasteiger partial charge on any atom is 0.243 e. The molecule has 168 valence electrons. The van der Waals surface area contributed by atoms with Crippen molar-refractivity contribution < 1.29 is 9.59 Å². The maximum atomic E-state index is 13.3. The molecule has 2 aromatic rings. The van der Waals surface area contributed by atoms with Crippen LogP contribution in [-0.4, -0.2) is 28.8 Å². The molecule has 2 amide bonds. The van der Waals surface area contributed by atoms with E-state index < -0.39 is 6.04 Å². The van der Waals surface area contributed by atoms with Crippen molar-refractivity contribution in [2.45, 2.75) is 72.0 Å². The molecule has 0 bridgehead atoms. The van der Waals surface area contributed by atoms with Gasteiger partial charge < -0.3 is 10.2 Å². The van der Waals surface area contributed by atoms with Gasteiger partial charge in [-0.15, -0.1) is 0 Å². The second-order valence-corrected chi connectivity index (χ2v) is 8.81. The highest BCUT2D eigenvalue weighted by Crippen LogP contribution is 2.24. The summed E-state index contributed by atoms with van der Waals surface area (Å²) in [5.41, 5.74) is 3.13. The van der Waals surface area contributed by atoms with Crippen LogP contribution in [-0.2, 0) is 22.6 Å². The van der Waals surface area contributed by atoms with Crippen LogP contribution >= 0.6 is 23.2 Å². The van der Waals surface area contributed by atoms with Crippen molar-refractivity contribution in [2.75, 3.05) is 0 Å².